The number of ether oxygens (including phenoxy) is 1. The highest BCUT2D eigenvalue weighted by Gasteiger charge is 2.36. The van der Waals surface area contributed by atoms with Gasteiger partial charge in [0.15, 0.2) is 0 Å². The molecule has 1 aromatic carbocycles. The third kappa shape index (κ3) is 3.94. The van der Waals surface area contributed by atoms with Crippen molar-refractivity contribution in [3.05, 3.63) is 23.3 Å². The number of carbonyl (C=O) groups is 2. The molecule has 9 nitrogen and oxygen atoms in total. The normalized spacial score (nSPS) is 22.1. The van der Waals surface area contributed by atoms with E-state index in [1.54, 1.807) is 17.0 Å². The number of nitrogens with one attached hydrogen (secondary N) is 2. The number of likely N-dealkylation sites (tertiary alicyclic amines) is 1. The van der Waals surface area contributed by atoms with Gasteiger partial charge in [-0.3, -0.25) is 4.79 Å². The lowest BCUT2D eigenvalue weighted by molar-refractivity contribution is -0.140. The van der Waals surface area contributed by atoms with Crippen molar-refractivity contribution < 1.29 is 29.1 Å². The molecule has 1 atom stereocenters. The van der Waals surface area contributed by atoms with E-state index in [4.69, 9.17) is 9.39 Å². The van der Waals surface area contributed by atoms with Crippen LogP contribution < -0.4 is 20.0 Å². The van der Waals surface area contributed by atoms with Crippen molar-refractivity contribution in [3.8, 4) is 11.5 Å². The van der Waals surface area contributed by atoms with Crippen molar-refractivity contribution in [3.63, 3.8) is 0 Å². The van der Waals surface area contributed by atoms with Crippen LogP contribution in [-0.2, 0) is 11.2 Å². The zero-order valence-corrected chi connectivity index (χ0v) is 15.5. The van der Waals surface area contributed by atoms with E-state index in [0.29, 0.717) is 32.3 Å². The van der Waals surface area contributed by atoms with Gasteiger partial charge in [0.05, 0.1) is 13.1 Å². The molecule has 1 unspecified atom stereocenters. The molecular formula is C18H24BN3O6. The minimum Gasteiger partial charge on any atom is -0.535 e. The monoisotopic (exact) mass is 389 g/mol. The molecule has 2 fully saturated rings. The number of carboxylic acids is 1. The number of hydrogen-bond acceptors (Lipinski definition) is 7. The van der Waals surface area contributed by atoms with Crippen LogP contribution in [0.25, 0.3) is 0 Å². The molecule has 10 heteroatoms. The highest BCUT2D eigenvalue weighted by atomic mass is 16.5. The van der Waals surface area contributed by atoms with Crippen LogP contribution in [0.1, 0.15) is 22.3 Å². The maximum Gasteiger partial charge on any atom is 0.522 e. The van der Waals surface area contributed by atoms with Crippen LogP contribution in [0.2, 0.25) is 6.32 Å². The predicted molar refractivity (Wildman–Crippen MR) is 101 cm³/mol. The molecular weight excluding hydrogens is 365 g/mol. The SMILES string of the molecule is O=C(O)c1c(OC2CN(C(=O)CC3CNCCN3)C2)ccc2c1OB(O)CC2. The first-order chi connectivity index (χ1) is 13.5. The van der Waals surface area contributed by atoms with Crippen molar-refractivity contribution in [1.82, 2.24) is 15.5 Å². The molecule has 3 aliphatic heterocycles. The van der Waals surface area contributed by atoms with Gasteiger partial charge in [-0.1, -0.05) is 6.07 Å². The van der Waals surface area contributed by atoms with Gasteiger partial charge in [0.25, 0.3) is 0 Å². The fourth-order valence-corrected chi connectivity index (χ4v) is 3.81. The smallest absolute Gasteiger partial charge is 0.522 e. The highest BCUT2D eigenvalue weighted by molar-refractivity contribution is 6.44. The summed E-state index contributed by atoms with van der Waals surface area (Å²) in [7, 11) is -1.01. The van der Waals surface area contributed by atoms with E-state index < -0.39 is 13.1 Å². The lowest BCUT2D eigenvalue weighted by atomic mass is 9.78. The maximum absolute atomic E-state index is 12.4. The fourth-order valence-electron chi connectivity index (χ4n) is 3.81. The lowest BCUT2D eigenvalue weighted by Gasteiger charge is -2.40. The largest absolute Gasteiger partial charge is 0.535 e. The van der Waals surface area contributed by atoms with E-state index in [1.165, 1.54) is 0 Å². The second-order valence-electron chi connectivity index (χ2n) is 7.44. The molecule has 4 N–H and O–H groups in total. The number of nitrogens with zero attached hydrogens (tertiary/aromatic N) is 1. The molecule has 0 aliphatic carbocycles. The number of amides is 1. The van der Waals surface area contributed by atoms with Crippen molar-refractivity contribution in [2.45, 2.75) is 31.3 Å². The van der Waals surface area contributed by atoms with Crippen LogP contribution in [-0.4, -0.2) is 78.9 Å². The summed E-state index contributed by atoms with van der Waals surface area (Å²) >= 11 is 0. The third-order valence-corrected chi connectivity index (χ3v) is 5.37. The van der Waals surface area contributed by atoms with Gasteiger partial charge in [0.1, 0.15) is 23.2 Å². The number of hydrogen-bond donors (Lipinski definition) is 4. The summed E-state index contributed by atoms with van der Waals surface area (Å²) in [6.07, 6.45) is 1.15. The van der Waals surface area contributed by atoms with E-state index in [-0.39, 0.29) is 35.1 Å². The summed E-state index contributed by atoms with van der Waals surface area (Å²) < 4.78 is 11.2. The van der Waals surface area contributed by atoms with Crippen molar-refractivity contribution in [2.24, 2.45) is 0 Å². The molecule has 28 heavy (non-hydrogen) atoms. The summed E-state index contributed by atoms with van der Waals surface area (Å²) in [5.74, 6) is -0.719. The molecule has 1 aromatic rings. The molecule has 0 bridgehead atoms. The molecule has 1 amide bonds. The van der Waals surface area contributed by atoms with Crippen LogP contribution >= 0.6 is 0 Å². The third-order valence-electron chi connectivity index (χ3n) is 5.37. The van der Waals surface area contributed by atoms with Crippen LogP contribution in [0.3, 0.4) is 0 Å². The van der Waals surface area contributed by atoms with Crippen LogP contribution in [0.4, 0.5) is 0 Å². The van der Waals surface area contributed by atoms with Gasteiger partial charge in [0, 0.05) is 32.1 Å². The predicted octanol–water partition coefficient (Wildman–Crippen LogP) is -0.659. The number of carbonyl (C=O) groups excluding carboxylic acids is 1. The Morgan fingerprint density at radius 1 is 1.32 bits per heavy atom. The fraction of sp³-hybridized carbons (Fsp3) is 0.556. The van der Waals surface area contributed by atoms with Gasteiger partial charge >= 0.3 is 13.1 Å². The molecule has 4 rings (SSSR count). The Hall–Kier alpha value is -2.30. The summed E-state index contributed by atoms with van der Waals surface area (Å²) in [6.45, 7) is 3.41. The van der Waals surface area contributed by atoms with E-state index in [9.17, 15) is 19.7 Å². The molecule has 150 valence electrons. The summed E-state index contributed by atoms with van der Waals surface area (Å²) in [5.41, 5.74) is 0.674. The molecule has 0 aromatic heterocycles. The molecule has 0 spiro atoms. The van der Waals surface area contributed by atoms with Crippen LogP contribution in [0.15, 0.2) is 12.1 Å². The highest BCUT2D eigenvalue weighted by Crippen LogP contribution is 2.37. The minimum absolute atomic E-state index is 0.0661. The Labute approximate surface area is 163 Å². The standard InChI is InChI=1S/C18H24BN3O6/c23-15(7-12-8-20-5-6-21-12)22-9-13(10-22)27-14-2-1-11-3-4-19(26)28-17(11)16(14)18(24)25/h1-2,12-13,20-21,26H,3-10H2,(H,24,25). The van der Waals surface area contributed by atoms with Gasteiger partial charge in [-0.25, -0.2) is 4.79 Å². The zero-order valence-electron chi connectivity index (χ0n) is 15.5. The summed E-state index contributed by atoms with van der Waals surface area (Å²) in [4.78, 5) is 25.8. The van der Waals surface area contributed by atoms with E-state index in [0.717, 1.165) is 25.2 Å². The van der Waals surface area contributed by atoms with Crippen molar-refractivity contribution in [1.29, 1.82) is 0 Å². The summed E-state index contributed by atoms with van der Waals surface area (Å²) in [6, 6.07) is 3.54. The first-order valence-electron chi connectivity index (χ1n) is 9.63. The molecule has 0 radical (unpaired) electrons. The number of piperazine rings is 1. The second-order valence-corrected chi connectivity index (χ2v) is 7.44. The summed E-state index contributed by atoms with van der Waals surface area (Å²) in [5, 5.41) is 25.9. The van der Waals surface area contributed by atoms with E-state index in [2.05, 4.69) is 10.6 Å². The van der Waals surface area contributed by atoms with Crippen molar-refractivity contribution >= 4 is 19.0 Å². The van der Waals surface area contributed by atoms with Gasteiger partial charge in [-0.05, 0) is 24.4 Å². The van der Waals surface area contributed by atoms with E-state index in [1.807, 2.05) is 0 Å². The van der Waals surface area contributed by atoms with Crippen LogP contribution in [0.5, 0.6) is 11.5 Å². The van der Waals surface area contributed by atoms with Crippen molar-refractivity contribution in [2.75, 3.05) is 32.7 Å². The second kappa shape index (κ2) is 7.98. The average Bonchev–Trinajstić information content (AvgIpc) is 2.64. The number of aromatic carboxylic acids is 1. The number of benzene rings is 1. The Bertz CT molecular complexity index is 764. The molecule has 2 saturated heterocycles. The molecule has 3 heterocycles. The number of aryl methyl sites for hydroxylation is 1. The Morgan fingerprint density at radius 2 is 2.14 bits per heavy atom. The zero-order chi connectivity index (χ0) is 19.7. The number of fused-ring (bicyclic) bond motifs is 1. The Kier molecular flexibility index (Phi) is 5.43. The first-order valence-corrected chi connectivity index (χ1v) is 9.63. The van der Waals surface area contributed by atoms with Gasteiger partial charge in [-0.15, -0.1) is 0 Å². The Balaban J connectivity index is 1.37. The van der Waals surface area contributed by atoms with Gasteiger partial charge < -0.3 is 35.1 Å². The number of rotatable bonds is 5. The average molecular weight is 389 g/mol. The lowest BCUT2D eigenvalue weighted by Crippen LogP contribution is -2.58. The quantitative estimate of drug-likeness (QED) is 0.490. The number of carboxylic acid groups (broad SMARTS) is 1. The van der Waals surface area contributed by atoms with Gasteiger partial charge in [0.2, 0.25) is 5.91 Å². The molecule has 3 aliphatic rings. The maximum atomic E-state index is 12.4. The minimum atomic E-state index is -1.16. The van der Waals surface area contributed by atoms with Crippen LogP contribution in [0, 0.1) is 0 Å². The molecule has 0 saturated carbocycles. The topological polar surface area (TPSA) is 120 Å². The Morgan fingerprint density at radius 3 is 2.86 bits per heavy atom. The first kappa shape index (κ1) is 19.0. The van der Waals surface area contributed by atoms with Gasteiger partial charge in [-0.2, -0.15) is 0 Å². The van der Waals surface area contributed by atoms with E-state index >= 15 is 0 Å².